The van der Waals surface area contributed by atoms with Crippen molar-refractivity contribution in [3.05, 3.63) is 23.2 Å². The van der Waals surface area contributed by atoms with E-state index in [1.54, 1.807) is 13.8 Å². The number of carbonyl (C=O) groups excluding carboxylic acids is 2. The number of anilines is 1. The molecule has 1 aromatic rings. The van der Waals surface area contributed by atoms with Crippen LogP contribution in [0.15, 0.2) is 12.7 Å². The van der Waals surface area contributed by atoms with Crippen molar-refractivity contribution < 1.29 is 22.7 Å². The van der Waals surface area contributed by atoms with Crippen LogP contribution in [0.5, 0.6) is 0 Å². The van der Waals surface area contributed by atoms with Gasteiger partial charge < -0.3 is 10.1 Å². The Morgan fingerprint density at radius 1 is 1.48 bits per heavy atom. The Kier molecular flexibility index (Phi) is 6.03. The molecule has 0 saturated heterocycles. The highest BCUT2D eigenvalue weighted by Gasteiger charge is 2.20. The van der Waals surface area contributed by atoms with Crippen LogP contribution in [0.25, 0.3) is 0 Å². The normalized spacial score (nSPS) is 11.0. The van der Waals surface area contributed by atoms with Gasteiger partial charge in [0.25, 0.3) is 0 Å². The molecule has 0 fully saturated rings. The highest BCUT2D eigenvalue weighted by atomic mass is 32.2. The van der Waals surface area contributed by atoms with E-state index in [1.807, 2.05) is 0 Å². The van der Waals surface area contributed by atoms with E-state index in [0.29, 0.717) is 5.69 Å². The molecule has 1 aromatic heterocycles. The highest BCUT2D eigenvalue weighted by Crippen LogP contribution is 2.23. The Hall–Kier alpha value is -1.74. The van der Waals surface area contributed by atoms with Crippen molar-refractivity contribution in [3.63, 3.8) is 0 Å². The number of hydrogen-bond donors (Lipinski definition) is 1. The third-order valence-electron chi connectivity index (χ3n) is 2.23. The average Bonchev–Trinajstić information content (AvgIpc) is 2.69. The van der Waals surface area contributed by atoms with Gasteiger partial charge in [0.15, 0.2) is 15.0 Å². The Labute approximate surface area is 126 Å². The van der Waals surface area contributed by atoms with Gasteiger partial charge in [0.1, 0.15) is 10.6 Å². The first-order valence-corrected chi connectivity index (χ1v) is 8.68. The fraction of sp³-hybridized carbons (Fsp3) is 0.417. The summed E-state index contributed by atoms with van der Waals surface area (Å²) < 4.78 is 27.8. The molecule has 0 saturated carbocycles. The molecule has 0 spiro atoms. The molecule has 116 valence electrons. The molecule has 7 nitrogen and oxygen atoms in total. The summed E-state index contributed by atoms with van der Waals surface area (Å²) in [6.07, 6.45) is 1.22. The van der Waals surface area contributed by atoms with Crippen molar-refractivity contribution in [1.29, 1.82) is 0 Å². The van der Waals surface area contributed by atoms with Crippen molar-refractivity contribution >= 4 is 38.2 Å². The van der Waals surface area contributed by atoms with Crippen LogP contribution in [0.3, 0.4) is 0 Å². The zero-order chi connectivity index (χ0) is 16.0. The minimum Gasteiger partial charge on any atom is -0.462 e. The lowest BCUT2D eigenvalue weighted by atomic mass is 10.4. The van der Waals surface area contributed by atoms with Crippen molar-refractivity contribution in [2.45, 2.75) is 13.8 Å². The maximum Gasteiger partial charge on any atom is 0.350 e. The van der Waals surface area contributed by atoms with Gasteiger partial charge in [-0.1, -0.05) is 17.4 Å². The van der Waals surface area contributed by atoms with Gasteiger partial charge in [-0.25, -0.2) is 18.2 Å². The van der Waals surface area contributed by atoms with Crippen LogP contribution in [0, 0.1) is 6.92 Å². The van der Waals surface area contributed by atoms with E-state index in [2.05, 4.69) is 16.9 Å². The number of sulfone groups is 1. The number of aromatic nitrogens is 1. The number of carbonyl (C=O) groups is 2. The number of ether oxygens (including phenoxy) is 1. The van der Waals surface area contributed by atoms with E-state index in [4.69, 9.17) is 4.74 Å². The number of esters is 1. The Morgan fingerprint density at radius 2 is 2.14 bits per heavy atom. The lowest BCUT2D eigenvalue weighted by Crippen LogP contribution is -2.24. The van der Waals surface area contributed by atoms with Crippen molar-refractivity contribution in [2.24, 2.45) is 0 Å². The molecule has 0 aliphatic rings. The second-order valence-corrected chi connectivity index (χ2v) is 7.15. The first kappa shape index (κ1) is 17.3. The standard InChI is InChI=1S/C12H16N2O5S2/c1-4-6-21(17,18)7-9(15)14-12-13-8(3)10(20-12)11(16)19-5-2/h4H,1,5-7H2,2-3H3,(H,13,14,15). The number of nitrogens with one attached hydrogen (secondary N) is 1. The third kappa shape index (κ3) is 5.27. The minimum atomic E-state index is -3.52. The topological polar surface area (TPSA) is 102 Å². The number of rotatable bonds is 7. The second-order valence-electron chi connectivity index (χ2n) is 4.05. The van der Waals surface area contributed by atoms with Gasteiger partial charge in [0.2, 0.25) is 5.91 Å². The number of aryl methyl sites for hydroxylation is 1. The monoisotopic (exact) mass is 332 g/mol. The fourth-order valence-corrected chi connectivity index (χ4v) is 3.25. The SMILES string of the molecule is C=CCS(=O)(=O)CC(=O)Nc1nc(C)c(C(=O)OCC)s1. The van der Waals surface area contributed by atoms with Crippen LogP contribution in [0.1, 0.15) is 22.3 Å². The van der Waals surface area contributed by atoms with Crippen molar-refractivity contribution in [2.75, 3.05) is 23.4 Å². The van der Waals surface area contributed by atoms with Crippen LogP contribution in [-0.4, -0.2) is 43.4 Å². The number of thiazole rings is 1. The molecule has 0 aromatic carbocycles. The largest absolute Gasteiger partial charge is 0.462 e. The molecule has 9 heteroatoms. The van der Waals surface area contributed by atoms with E-state index >= 15 is 0 Å². The van der Waals surface area contributed by atoms with Crippen molar-refractivity contribution in [1.82, 2.24) is 4.98 Å². The quantitative estimate of drug-likeness (QED) is 0.594. The number of amides is 1. The zero-order valence-corrected chi connectivity index (χ0v) is 13.3. The van der Waals surface area contributed by atoms with E-state index in [1.165, 1.54) is 6.08 Å². The molecule has 0 unspecified atom stereocenters. The van der Waals surface area contributed by atoms with Crippen LogP contribution in [0.2, 0.25) is 0 Å². The van der Waals surface area contributed by atoms with Crippen LogP contribution >= 0.6 is 11.3 Å². The smallest absolute Gasteiger partial charge is 0.350 e. The third-order valence-corrected chi connectivity index (χ3v) is 4.73. The van der Waals surface area contributed by atoms with Gasteiger partial charge in [0.05, 0.1) is 18.1 Å². The Balaban J connectivity index is 2.76. The first-order valence-electron chi connectivity index (χ1n) is 6.04. The summed E-state index contributed by atoms with van der Waals surface area (Å²) in [5, 5.41) is 2.52. The summed E-state index contributed by atoms with van der Waals surface area (Å²) in [6, 6.07) is 0. The predicted molar refractivity (Wildman–Crippen MR) is 80.3 cm³/mol. The average molecular weight is 332 g/mol. The van der Waals surface area contributed by atoms with Gasteiger partial charge in [-0.15, -0.1) is 6.58 Å². The number of nitrogens with zero attached hydrogens (tertiary/aromatic N) is 1. The van der Waals surface area contributed by atoms with E-state index < -0.39 is 27.5 Å². The molecule has 21 heavy (non-hydrogen) atoms. The lowest BCUT2D eigenvalue weighted by molar-refractivity contribution is -0.113. The summed E-state index contributed by atoms with van der Waals surface area (Å²) in [6.45, 7) is 6.84. The zero-order valence-electron chi connectivity index (χ0n) is 11.7. The summed E-state index contributed by atoms with van der Waals surface area (Å²) in [5.74, 6) is -2.16. The van der Waals surface area contributed by atoms with Crippen LogP contribution in [0.4, 0.5) is 5.13 Å². The van der Waals surface area contributed by atoms with Gasteiger partial charge in [-0.2, -0.15) is 0 Å². The molecule has 0 aliphatic carbocycles. The van der Waals surface area contributed by atoms with Crippen LogP contribution < -0.4 is 5.32 Å². The Morgan fingerprint density at radius 3 is 2.71 bits per heavy atom. The van der Waals surface area contributed by atoms with E-state index in [-0.39, 0.29) is 22.4 Å². The van der Waals surface area contributed by atoms with Gasteiger partial charge in [-0.05, 0) is 13.8 Å². The molecular weight excluding hydrogens is 316 g/mol. The second kappa shape index (κ2) is 7.32. The van der Waals surface area contributed by atoms with E-state index in [0.717, 1.165) is 11.3 Å². The summed E-state index contributed by atoms with van der Waals surface area (Å²) >= 11 is 0.943. The fourth-order valence-electron chi connectivity index (χ4n) is 1.43. The van der Waals surface area contributed by atoms with Gasteiger partial charge in [0, 0.05) is 0 Å². The van der Waals surface area contributed by atoms with Crippen molar-refractivity contribution in [3.8, 4) is 0 Å². The van der Waals surface area contributed by atoms with Gasteiger partial charge >= 0.3 is 5.97 Å². The molecule has 1 heterocycles. The molecule has 0 bridgehead atoms. The first-order chi connectivity index (χ1) is 9.79. The molecular formula is C12H16N2O5S2. The molecule has 0 atom stereocenters. The highest BCUT2D eigenvalue weighted by molar-refractivity contribution is 7.92. The lowest BCUT2D eigenvalue weighted by Gasteiger charge is -2.01. The maximum atomic E-state index is 11.6. The number of hydrogen-bond acceptors (Lipinski definition) is 7. The van der Waals surface area contributed by atoms with Crippen LogP contribution in [-0.2, 0) is 19.4 Å². The molecule has 0 aliphatic heterocycles. The molecule has 1 N–H and O–H groups in total. The Bertz CT molecular complexity index is 649. The summed E-state index contributed by atoms with van der Waals surface area (Å²) in [7, 11) is -3.52. The molecule has 1 amide bonds. The molecule has 1 rings (SSSR count). The maximum absolute atomic E-state index is 11.6. The van der Waals surface area contributed by atoms with E-state index in [9.17, 15) is 18.0 Å². The minimum absolute atomic E-state index is 0.161. The predicted octanol–water partition coefficient (Wildman–Crippen LogP) is 1.17. The summed E-state index contributed by atoms with van der Waals surface area (Å²) in [5.41, 5.74) is 0.419. The van der Waals surface area contributed by atoms with Gasteiger partial charge in [-0.3, -0.25) is 4.79 Å². The molecule has 0 radical (unpaired) electrons. The summed E-state index contributed by atoms with van der Waals surface area (Å²) in [4.78, 5) is 27.5.